The molecule has 0 unspecified atom stereocenters. The average molecular weight is 410 g/mol. The zero-order valence-electron chi connectivity index (χ0n) is 16.0. The van der Waals surface area contributed by atoms with Crippen LogP contribution in [0.5, 0.6) is 5.75 Å². The molecule has 0 fully saturated rings. The Kier molecular flexibility index (Phi) is 6.51. The molecule has 29 heavy (non-hydrogen) atoms. The maximum atomic E-state index is 12.5. The van der Waals surface area contributed by atoms with E-state index in [1.165, 1.54) is 12.1 Å². The van der Waals surface area contributed by atoms with Crippen LogP contribution in [0.3, 0.4) is 0 Å². The molecule has 0 heterocycles. The number of anilines is 1. The fraction of sp³-hybridized carbons (Fsp3) is 0.136. The molecule has 0 bridgehead atoms. The van der Waals surface area contributed by atoms with Crippen molar-refractivity contribution in [3.63, 3.8) is 0 Å². The first-order valence-electron chi connectivity index (χ1n) is 9.16. The van der Waals surface area contributed by atoms with Crippen LogP contribution >= 0.6 is 0 Å². The summed E-state index contributed by atoms with van der Waals surface area (Å²) in [7, 11) is -3.73. The van der Waals surface area contributed by atoms with Crippen molar-refractivity contribution < 1.29 is 17.9 Å². The molecular weight excluding hydrogens is 388 g/mol. The number of amides is 1. The van der Waals surface area contributed by atoms with Gasteiger partial charge in [-0.1, -0.05) is 30.3 Å². The molecule has 0 aliphatic carbocycles. The molecule has 7 heteroatoms. The van der Waals surface area contributed by atoms with Gasteiger partial charge >= 0.3 is 0 Å². The van der Waals surface area contributed by atoms with Crippen molar-refractivity contribution in [1.82, 2.24) is 5.32 Å². The van der Waals surface area contributed by atoms with E-state index >= 15 is 0 Å². The summed E-state index contributed by atoms with van der Waals surface area (Å²) in [5.41, 5.74) is 1.82. The number of hydrogen-bond acceptors (Lipinski definition) is 4. The van der Waals surface area contributed by atoms with Crippen molar-refractivity contribution in [2.75, 3.05) is 11.3 Å². The summed E-state index contributed by atoms with van der Waals surface area (Å²) >= 11 is 0. The maximum absolute atomic E-state index is 12.5. The Labute approximate surface area is 170 Å². The van der Waals surface area contributed by atoms with Crippen LogP contribution in [0.15, 0.2) is 83.8 Å². The van der Waals surface area contributed by atoms with Crippen LogP contribution in [0.2, 0.25) is 0 Å². The lowest BCUT2D eigenvalue weighted by Crippen LogP contribution is -2.22. The summed E-state index contributed by atoms with van der Waals surface area (Å²) in [6, 6.07) is 22.1. The minimum absolute atomic E-state index is 0.130. The van der Waals surface area contributed by atoms with Crippen LogP contribution in [0.1, 0.15) is 22.8 Å². The molecule has 0 spiro atoms. The predicted octanol–water partition coefficient (Wildman–Crippen LogP) is 3.82. The van der Waals surface area contributed by atoms with Gasteiger partial charge in [-0.25, -0.2) is 8.42 Å². The number of hydrogen-bond donors (Lipinski definition) is 2. The van der Waals surface area contributed by atoms with E-state index in [2.05, 4.69) is 10.0 Å². The number of carbonyl (C=O) groups excluding carboxylic acids is 1. The van der Waals surface area contributed by atoms with E-state index in [9.17, 15) is 13.2 Å². The molecule has 0 radical (unpaired) electrons. The SMILES string of the molecule is CCOc1ccc(S(=O)(=O)Nc2ccc(C(=O)NCc3ccccc3)cc2)cc1. The zero-order valence-corrected chi connectivity index (χ0v) is 16.8. The third-order valence-electron chi connectivity index (χ3n) is 4.14. The van der Waals surface area contributed by atoms with Gasteiger partial charge in [-0.2, -0.15) is 0 Å². The van der Waals surface area contributed by atoms with E-state index in [-0.39, 0.29) is 10.8 Å². The van der Waals surface area contributed by atoms with E-state index in [1.54, 1.807) is 36.4 Å². The summed E-state index contributed by atoms with van der Waals surface area (Å²) in [6.07, 6.45) is 0. The monoisotopic (exact) mass is 410 g/mol. The molecule has 6 nitrogen and oxygen atoms in total. The Morgan fingerprint density at radius 3 is 2.17 bits per heavy atom. The molecule has 0 saturated carbocycles. The Morgan fingerprint density at radius 2 is 1.55 bits per heavy atom. The quantitative estimate of drug-likeness (QED) is 0.591. The van der Waals surface area contributed by atoms with Crippen molar-refractivity contribution in [2.24, 2.45) is 0 Å². The van der Waals surface area contributed by atoms with Crippen molar-refractivity contribution >= 4 is 21.6 Å². The van der Waals surface area contributed by atoms with E-state index < -0.39 is 10.0 Å². The topological polar surface area (TPSA) is 84.5 Å². The Balaban J connectivity index is 1.62. The molecule has 0 aliphatic rings. The van der Waals surface area contributed by atoms with Gasteiger partial charge in [0.2, 0.25) is 0 Å². The molecule has 0 atom stereocenters. The highest BCUT2D eigenvalue weighted by atomic mass is 32.2. The fourth-order valence-corrected chi connectivity index (χ4v) is 3.72. The molecule has 3 aromatic rings. The minimum Gasteiger partial charge on any atom is -0.494 e. The van der Waals surface area contributed by atoms with Crippen molar-refractivity contribution in [3.05, 3.63) is 90.0 Å². The van der Waals surface area contributed by atoms with Crippen LogP contribution in [-0.4, -0.2) is 20.9 Å². The van der Waals surface area contributed by atoms with E-state index in [0.29, 0.717) is 30.2 Å². The maximum Gasteiger partial charge on any atom is 0.261 e. The summed E-state index contributed by atoms with van der Waals surface area (Å²) < 4.78 is 32.9. The third kappa shape index (κ3) is 5.58. The van der Waals surface area contributed by atoms with E-state index in [1.807, 2.05) is 37.3 Å². The normalized spacial score (nSPS) is 10.9. The van der Waals surface area contributed by atoms with Gasteiger partial charge in [-0.05, 0) is 61.0 Å². The molecule has 0 aromatic heterocycles. The van der Waals surface area contributed by atoms with Gasteiger partial charge in [0, 0.05) is 17.8 Å². The fourth-order valence-electron chi connectivity index (χ4n) is 2.67. The first-order chi connectivity index (χ1) is 14.0. The number of ether oxygens (including phenoxy) is 1. The Morgan fingerprint density at radius 1 is 0.897 bits per heavy atom. The molecule has 3 rings (SSSR count). The number of sulfonamides is 1. The van der Waals surface area contributed by atoms with E-state index in [4.69, 9.17) is 4.74 Å². The molecule has 0 saturated heterocycles. The first-order valence-corrected chi connectivity index (χ1v) is 10.6. The van der Waals surface area contributed by atoms with Crippen LogP contribution in [0.4, 0.5) is 5.69 Å². The third-order valence-corrected chi connectivity index (χ3v) is 5.54. The predicted molar refractivity (Wildman–Crippen MR) is 112 cm³/mol. The zero-order chi connectivity index (χ0) is 20.7. The van der Waals surface area contributed by atoms with Crippen LogP contribution < -0.4 is 14.8 Å². The van der Waals surface area contributed by atoms with Gasteiger partial charge in [-0.3, -0.25) is 9.52 Å². The summed E-state index contributed by atoms with van der Waals surface area (Å²) in [4.78, 5) is 12.4. The number of benzene rings is 3. The van der Waals surface area contributed by atoms with Gasteiger partial charge in [-0.15, -0.1) is 0 Å². The Bertz CT molecular complexity index is 1050. The number of rotatable bonds is 8. The van der Waals surface area contributed by atoms with Gasteiger partial charge in [0.15, 0.2) is 0 Å². The largest absolute Gasteiger partial charge is 0.494 e. The highest BCUT2D eigenvalue weighted by Gasteiger charge is 2.14. The smallest absolute Gasteiger partial charge is 0.261 e. The second-order valence-electron chi connectivity index (χ2n) is 6.26. The lowest BCUT2D eigenvalue weighted by Gasteiger charge is -2.10. The second kappa shape index (κ2) is 9.25. The highest BCUT2D eigenvalue weighted by molar-refractivity contribution is 7.92. The molecule has 3 aromatic carbocycles. The Hall–Kier alpha value is -3.32. The van der Waals surface area contributed by atoms with Crippen LogP contribution in [-0.2, 0) is 16.6 Å². The van der Waals surface area contributed by atoms with Gasteiger partial charge < -0.3 is 10.1 Å². The second-order valence-corrected chi connectivity index (χ2v) is 7.94. The summed E-state index contributed by atoms with van der Waals surface area (Å²) in [6.45, 7) is 2.79. The van der Waals surface area contributed by atoms with Gasteiger partial charge in [0.05, 0.1) is 11.5 Å². The average Bonchev–Trinajstić information content (AvgIpc) is 2.74. The molecular formula is C22H22N2O4S. The van der Waals surface area contributed by atoms with Crippen molar-refractivity contribution in [1.29, 1.82) is 0 Å². The first kappa shape index (κ1) is 20.4. The van der Waals surface area contributed by atoms with Gasteiger partial charge in [0.1, 0.15) is 5.75 Å². The number of nitrogens with one attached hydrogen (secondary N) is 2. The summed E-state index contributed by atoms with van der Waals surface area (Å²) in [5.74, 6) is 0.382. The van der Waals surface area contributed by atoms with Crippen molar-refractivity contribution in [3.8, 4) is 5.75 Å². The molecule has 0 aliphatic heterocycles. The molecule has 1 amide bonds. The molecule has 150 valence electrons. The van der Waals surface area contributed by atoms with Gasteiger partial charge in [0.25, 0.3) is 15.9 Å². The molecule has 2 N–H and O–H groups in total. The standard InChI is InChI=1S/C22H22N2O4S/c1-2-28-20-12-14-21(15-13-20)29(26,27)24-19-10-8-18(9-11-19)22(25)23-16-17-6-4-3-5-7-17/h3-15,24H,2,16H2,1H3,(H,23,25). The van der Waals surface area contributed by atoms with Crippen molar-refractivity contribution in [2.45, 2.75) is 18.4 Å². The van der Waals surface area contributed by atoms with Crippen LogP contribution in [0, 0.1) is 0 Å². The minimum atomic E-state index is -3.73. The lowest BCUT2D eigenvalue weighted by atomic mass is 10.2. The number of carbonyl (C=O) groups is 1. The van der Waals surface area contributed by atoms with E-state index in [0.717, 1.165) is 5.56 Å². The van der Waals surface area contributed by atoms with Crippen LogP contribution in [0.25, 0.3) is 0 Å². The highest BCUT2D eigenvalue weighted by Crippen LogP contribution is 2.19. The summed E-state index contributed by atoms with van der Waals surface area (Å²) in [5, 5.41) is 2.83. The lowest BCUT2D eigenvalue weighted by molar-refractivity contribution is 0.0951.